The zero-order chi connectivity index (χ0) is 12.4. The minimum absolute atomic E-state index is 0.575. The van der Waals surface area contributed by atoms with Crippen LogP contribution in [0.1, 0.15) is 24.4 Å². The van der Waals surface area contributed by atoms with E-state index in [4.69, 9.17) is 0 Å². The van der Waals surface area contributed by atoms with Gasteiger partial charge in [-0.2, -0.15) is 0 Å². The van der Waals surface area contributed by atoms with Crippen molar-refractivity contribution in [2.24, 2.45) is 5.92 Å². The van der Waals surface area contributed by atoms with Gasteiger partial charge >= 0.3 is 0 Å². The molecule has 1 aromatic carbocycles. The highest BCUT2D eigenvalue weighted by molar-refractivity contribution is 7.99. The van der Waals surface area contributed by atoms with Crippen molar-refractivity contribution in [3.8, 4) is 0 Å². The third kappa shape index (κ3) is 2.73. The normalized spacial score (nSPS) is 25.3. The van der Waals surface area contributed by atoms with Crippen LogP contribution >= 0.6 is 11.8 Å². The Bertz CT molecular complexity index is 399. The fourth-order valence-corrected chi connectivity index (χ4v) is 4.10. The highest BCUT2D eigenvalue weighted by Crippen LogP contribution is 2.37. The van der Waals surface area contributed by atoms with E-state index in [0.717, 1.165) is 5.92 Å². The number of fused-ring (bicyclic) bond motifs is 1. The first-order valence-corrected chi connectivity index (χ1v) is 7.95. The maximum absolute atomic E-state index is 3.78. The molecule has 0 bridgehead atoms. The topological polar surface area (TPSA) is 15.3 Å². The van der Waals surface area contributed by atoms with Gasteiger partial charge in [-0.3, -0.25) is 0 Å². The summed E-state index contributed by atoms with van der Waals surface area (Å²) >= 11 is 1.99. The number of nitrogens with one attached hydrogen (secondary N) is 1. The Morgan fingerprint density at radius 3 is 2.89 bits per heavy atom. The molecule has 0 saturated carbocycles. The van der Waals surface area contributed by atoms with Crippen LogP contribution in [0, 0.1) is 5.92 Å². The standard InChI is InChI=1S/C15H22N2S/c1-17-8-6-12(7-9-17)10-16-14-11-18-15-5-3-2-4-13(14)15/h2-5,12,14,16H,6-11H2,1H3. The summed E-state index contributed by atoms with van der Waals surface area (Å²) in [6.45, 7) is 3.72. The van der Waals surface area contributed by atoms with Crippen molar-refractivity contribution in [1.82, 2.24) is 10.2 Å². The smallest absolute Gasteiger partial charge is 0.0426 e. The van der Waals surface area contributed by atoms with Crippen molar-refractivity contribution < 1.29 is 0 Å². The number of thioether (sulfide) groups is 1. The molecule has 2 heterocycles. The van der Waals surface area contributed by atoms with E-state index >= 15 is 0 Å². The Morgan fingerprint density at radius 2 is 2.06 bits per heavy atom. The summed E-state index contributed by atoms with van der Waals surface area (Å²) in [7, 11) is 2.23. The van der Waals surface area contributed by atoms with Gasteiger partial charge in [0.05, 0.1) is 0 Å². The molecule has 0 spiro atoms. The first kappa shape index (κ1) is 12.5. The fourth-order valence-electron chi connectivity index (χ4n) is 2.91. The van der Waals surface area contributed by atoms with E-state index in [1.807, 2.05) is 11.8 Å². The van der Waals surface area contributed by atoms with Crippen LogP contribution in [0.3, 0.4) is 0 Å². The van der Waals surface area contributed by atoms with E-state index in [-0.39, 0.29) is 0 Å². The monoisotopic (exact) mass is 262 g/mol. The third-order valence-electron chi connectivity index (χ3n) is 4.19. The number of hydrogen-bond donors (Lipinski definition) is 1. The molecule has 2 aliphatic rings. The number of piperidine rings is 1. The van der Waals surface area contributed by atoms with Crippen LogP contribution in [0.15, 0.2) is 29.2 Å². The lowest BCUT2D eigenvalue weighted by molar-refractivity contribution is 0.213. The Hall–Kier alpha value is -0.510. The summed E-state index contributed by atoms with van der Waals surface area (Å²) in [5, 5.41) is 3.78. The van der Waals surface area contributed by atoms with Crippen molar-refractivity contribution in [3.63, 3.8) is 0 Å². The van der Waals surface area contributed by atoms with Crippen LogP contribution in [0.4, 0.5) is 0 Å². The lowest BCUT2D eigenvalue weighted by atomic mass is 9.96. The molecule has 18 heavy (non-hydrogen) atoms. The fraction of sp³-hybridized carbons (Fsp3) is 0.600. The van der Waals surface area contributed by atoms with Crippen LogP contribution in [-0.2, 0) is 0 Å². The van der Waals surface area contributed by atoms with Crippen LogP contribution in [0.5, 0.6) is 0 Å². The average Bonchev–Trinajstić information content (AvgIpc) is 2.82. The predicted molar refractivity (Wildman–Crippen MR) is 78.1 cm³/mol. The third-order valence-corrected chi connectivity index (χ3v) is 5.37. The average molecular weight is 262 g/mol. The summed E-state index contributed by atoms with van der Waals surface area (Å²) < 4.78 is 0. The van der Waals surface area contributed by atoms with Crippen LogP contribution < -0.4 is 5.32 Å². The second-order valence-electron chi connectivity index (χ2n) is 5.56. The minimum Gasteiger partial charge on any atom is -0.309 e. The van der Waals surface area contributed by atoms with Gasteiger partial charge in [-0.15, -0.1) is 11.8 Å². The number of rotatable bonds is 3. The summed E-state index contributed by atoms with van der Waals surface area (Å²) in [6.07, 6.45) is 2.70. The van der Waals surface area contributed by atoms with Gasteiger partial charge in [-0.1, -0.05) is 18.2 Å². The summed E-state index contributed by atoms with van der Waals surface area (Å²) in [5.41, 5.74) is 1.51. The van der Waals surface area contributed by atoms with Gasteiger partial charge in [0, 0.05) is 16.7 Å². The van der Waals surface area contributed by atoms with Crippen molar-refractivity contribution >= 4 is 11.8 Å². The highest BCUT2D eigenvalue weighted by atomic mass is 32.2. The van der Waals surface area contributed by atoms with Gasteiger partial charge in [0.1, 0.15) is 0 Å². The SMILES string of the molecule is CN1CCC(CNC2CSc3ccccc32)CC1. The Labute approximate surface area is 114 Å². The van der Waals surface area contributed by atoms with Crippen LogP contribution in [-0.4, -0.2) is 37.3 Å². The molecule has 1 unspecified atom stereocenters. The Balaban J connectivity index is 1.53. The van der Waals surface area contributed by atoms with Crippen molar-refractivity contribution in [2.75, 3.05) is 32.4 Å². The molecule has 98 valence electrons. The minimum atomic E-state index is 0.575. The summed E-state index contributed by atoms with van der Waals surface area (Å²) in [6, 6.07) is 9.41. The zero-order valence-corrected chi connectivity index (χ0v) is 11.9. The Kier molecular flexibility index (Phi) is 3.92. The molecule has 1 atom stereocenters. The molecule has 0 amide bonds. The molecule has 3 rings (SSSR count). The molecule has 1 N–H and O–H groups in total. The molecule has 3 heteroatoms. The van der Waals surface area contributed by atoms with Gasteiger partial charge in [0.15, 0.2) is 0 Å². The van der Waals surface area contributed by atoms with Crippen molar-refractivity contribution in [3.05, 3.63) is 29.8 Å². The second kappa shape index (κ2) is 5.64. The molecular formula is C15H22N2S. The van der Waals surface area contributed by atoms with E-state index < -0.39 is 0 Å². The Morgan fingerprint density at radius 1 is 1.28 bits per heavy atom. The second-order valence-corrected chi connectivity index (χ2v) is 6.62. The molecule has 2 aliphatic heterocycles. The van der Waals surface area contributed by atoms with Crippen LogP contribution in [0.25, 0.3) is 0 Å². The molecule has 1 aromatic rings. The van der Waals surface area contributed by atoms with E-state index in [1.54, 1.807) is 0 Å². The lowest BCUT2D eigenvalue weighted by Crippen LogP contribution is -2.36. The van der Waals surface area contributed by atoms with Gasteiger partial charge in [0.2, 0.25) is 0 Å². The predicted octanol–water partition coefficient (Wildman–Crippen LogP) is 2.76. The maximum atomic E-state index is 3.78. The largest absolute Gasteiger partial charge is 0.309 e. The van der Waals surface area contributed by atoms with Gasteiger partial charge in [0.25, 0.3) is 0 Å². The van der Waals surface area contributed by atoms with Crippen molar-refractivity contribution in [2.45, 2.75) is 23.8 Å². The number of hydrogen-bond acceptors (Lipinski definition) is 3. The maximum Gasteiger partial charge on any atom is 0.0426 e. The first-order chi connectivity index (χ1) is 8.83. The molecule has 1 saturated heterocycles. The molecule has 0 aliphatic carbocycles. The van der Waals surface area contributed by atoms with E-state index in [0.29, 0.717) is 6.04 Å². The van der Waals surface area contributed by atoms with Crippen molar-refractivity contribution in [1.29, 1.82) is 0 Å². The first-order valence-electron chi connectivity index (χ1n) is 6.96. The molecular weight excluding hydrogens is 240 g/mol. The van der Waals surface area contributed by atoms with E-state index in [1.165, 1.54) is 48.7 Å². The number of benzene rings is 1. The quantitative estimate of drug-likeness (QED) is 0.902. The van der Waals surface area contributed by atoms with Gasteiger partial charge < -0.3 is 10.2 Å². The summed E-state index contributed by atoms with van der Waals surface area (Å²) in [4.78, 5) is 3.91. The zero-order valence-electron chi connectivity index (χ0n) is 11.1. The molecule has 0 aromatic heterocycles. The number of likely N-dealkylation sites (tertiary alicyclic amines) is 1. The van der Waals surface area contributed by atoms with Gasteiger partial charge in [-0.05, 0) is 57.1 Å². The molecule has 2 nitrogen and oxygen atoms in total. The molecule has 1 fully saturated rings. The van der Waals surface area contributed by atoms with Crippen LogP contribution in [0.2, 0.25) is 0 Å². The van der Waals surface area contributed by atoms with E-state index in [2.05, 4.69) is 41.5 Å². The van der Waals surface area contributed by atoms with E-state index in [9.17, 15) is 0 Å². The highest BCUT2D eigenvalue weighted by Gasteiger charge is 2.24. The van der Waals surface area contributed by atoms with Gasteiger partial charge in [-0.25, -0.2) is 0 Å². The lowest BCUT2D eigenvalue weighted by Gasteiger charge is -2.30. The number of nitrogens with zero attached hydrogens (tertiary/aromatic N) is 1. The summed E-state index contributed by atoms with van der Waals surface area (Å²) in [5.74, 6) is 2.07. The molecule has 0 radical (unpaired) electrons.